The number of esters is 1. The third kappa shape index (κ3) is 3.39. The Morgan fingerprint density at radius 3 is 2.65 bits per heavy atom. The van der Waals surface area contributed by atoms with E-state index in [0.717, 1.165) is 0 Å². The molecule has 0 aromatic heterocycles. The summed E-state index contributed by atoms with van der Waals surface area (Å²) in [6, 6.07) is -1.35. The van der Waals surface area contributed by atoms with E-state index in [2.05, 4.69) is 10.1 Å². The number of carbonyl (C=O) groups excluding carboxylic acids is 2. The Morgan fingerprint density at radius 2 is 2.06 bits per heavy atom. The van der Waals surface area contributed by atoms with Crippen LogP contribution in [-0.2, 0) is 14.3 Å². The number of hydrogen-bond donors (Lipinski definition) is 4. The van der Waals surface area contributed by atoms with E-state index < -0.39 is 42.8 Å². The number of amides is 1. The summed E-state index contributed by atoms with van der Waals surface area (Å²) in [5.41, 5.74) is 0. The highest BCUT2D eigenvalue weighted by Crippen LogP contribution is 2.12. The van der Waals surface area contributed by atoms with E-state index in [9.17, 15) is 24.9 Å². The van der Waals surface area contributed by atoms with Crippen LogP contribution in [0.3, 0.4) is 0 Å². The molecule has 4 atom stereocenters. The van der Waals surface area contributed by atoms with E-state index in [1.807, 2.05) is 0 Å². The van der Waals surface area contributed by atoms with Crippen molar-refractivity contribution in [3.05, 3.63) is 0 Å². The molecule has 1 fully saturated rings. The van der Waals surface area contributed by atoms with E-state index >= 15 is 0 Å². The largest absolute Gasteiger partial charge is 0.461 e. The van der Waals surface area contributed by atoms with Gasteiger partial charge in [0.25, 0.3) is 0 Å². The second kappa shape index (κ2) is 5.95. The van der Waals surface area contributed by atoms with Gasteiger partial charge in [0.05, 0.1) is 0 Å². The molecule has 0 aliphatic carbocycles. The number of aliphatic hydroxyl groups excluding tert-OH is 3. The molecule has 1 aliphatic heterocycles. The molecule has 0 bridgehead atoms. The SMILES string of the molecule is CCCC(=O)N[C@H]1C(=O)OC[C@@H](O)[C@@H](O)[C@@H]1O. The lowest BCUT2D eigenvalue weighted by Crippen LogP contribution is -2.53. The van der Waals surface area contributed by atoms with E-state index in [1.165, 1.54) is 0 Å². The third-order valence-electron chi connectivity index (χ3n) is 2.53. The standard InChI is InChI=1S/C10H17NO6/c1-2-3-6(13)11-7-9(15)8(14)5(12)4-17-10(7)16/h5,7-9,12,14-15H,2-4H2,1H3,(H,11,13)/t5-,7-,8-,9-/m1/s1. The van der Waals surface area contributed by atoms with Gasteiger partial charge in [-0.3, -0.25) is 4.79 Å². The van der Waals surface area contributed by atoms with Crippen molar-refractivity contribution in [3.63, 3.8) is 0 Å². The summed E-state index contributed by atoms with van der Waals surface area (Å²) in [5.74, 6) is -1.28. The molecule has 0 aromatic carbocycles. The highest BCUT2D eigenvalue weighted by Gasteiger charge is 2.41. The normalized spacial score (nSPS) is 33.8. The zero-order valence-corrected chi connectivity index (χ0v) is 9.50. The van der Waals surface area contributed by atoms with Crippen LogP contribution >= 0.6 is 0 Å². The molecular weight excluding hydrogens is 230 g/mol. The van der Waals surface area contributed by atoms with Crippen molar-refractivity contribution in [3.8, 4) is 0 Å². The summed E-state index contributed by atoms with van der Waals surface area (Å²) in [6.45, 7) is 1.39. The zero-order chi connectivity index (χ0) is 13.0. The summed E-state index contributed by atoms with van der Waals surface area (Å²) >= 11 is 0. The minimum absolute atomic E-state index is 0.204. The molecule has 0 radical (unpaired) electrons. The molecule has 0 aromatic rings. The predicted octanol–water partition coefficient (Wildman–Crippen LogP) is -2.09. The van der Waals surface area contributed by atoms with Gasteiger partial charge in [0, 0.05) is 6.42 Å². The van der Waals surface area contributed by atoms with Crippen LogP contribution in [0.25, 0.3) is 0 Å². The van der Waals surface area contributed by atoms with Crippen LogP contribution in [0.15, 0.2) is 0 Å². The molecule has 4 N–H and O–H groups in total. The smallest absolute Gasteiger partial charge is 0.331 e. The maximum Gasteiger partial charge on any atom is 0.331 e. The Balaban J connectivity index is 2.72. The number of ether oxygens (including phenoxy) is 1. The monoisotopic (exact) mass is 247 g/mol. The Labute approximate surface area is 98.4 Å². The fourth-order valence-electron chi connectivity index (χ4n) is 1.54. The fraction of sp³-hybridized carbons (Fsp3) is 0.800. The molecule has 0 saturated carbocycles. The summed E-state index contributed by atoms with van der Waals surface area (Å²) < 4.78 is 4.62. The first kappa shape index (κ1) is 13.9. The van der Waals surface area contributed by atoms with Gasteiger partial charge in [-0.2, -0.15) is 0 Å². The van der Waals surface area contributed by atoms with Gasteiger partial charge in [0.2, 0.25) is 5.91 Å². The molecule has 0 unspecified atom stereocenters. The molecule has 7 heteroatoms. The topological polar surface area (TPSA) is 116 Å². The molecule has 1 heterocycles. The van der Waals surface area contributed by atoms with Crippen LogP contribution in [-0.4, -0.2) is 58.2 Å². The van der Waals surface area contributed by atoms with Crippen molar-refractivity contribution >= 4 is 11.9 Å². The first-order chi connectivity index (χ1) is 7.97. The summed E-state index contributed by atoms with van der Waals surface area (Å²) in [4.78, 5) is 22.8. The Kier molecular flexibility index (Phi) is 4.86. The number of hydrogen-bond acceptors (Lipinski definition) is 6. The number of nitrogens with one attached hydrogen (secondary N) is 1. The number of cyclic esters (lactones) is 1. The fourth-order valence-corrected chi connectivity index (χ4v) is 1.54. The van der Waals surface area contributed by atoms with Crippen molar-refractivity contribution in [1.82, 2.24) is 5.32 Å². The molecule has 17 heavy (non-hydrogen) atoms. The lowest BCUT2D eigenvalue weighted by molar-refractivity contribution is -0.150. The third-order valence-corrected chi connectivity index (χ3v) is 2.53. The van der Waals surface area contributed by atoms with Crippen molar-refractivity contribution in [1.29, 1.82) is 0 Å². The molecule has 0 spiro atoms. The first-order valence-electron chi connectivity index (χ1n) is 5.47. The van der Waals surface area contributed by atoms with Gasteiger partial charge in [0.15, 0.2) is 6.04 Å². The van der Waals surface area contributed by atoms with Crippen molar-refractivity contribution in [2.45, 2.75) is 44.1 Å². The molecule has 1 saturated heterocycles. The van der Waals surface area contributed by atoms with Crippen molar-refractivity contribution in [2.75, 3.05) is 6.61 Å². The van der Waals surface area contributed by atoms with Gasteiger partial charge in [-0.05, 0) is 6.42 Å². The van der Waals surface area contributed by atoms with Crippen molar-refractivity contribution < 1.29 is 29.6 Å². The maximum atomic E-state index is 11.4. The molecule has 98 valence electrons. The summed E-state index contributed by atoms with van der Waals surface area (Å²) in [5, 5.41) is 30.7. The average Bonchev–Trinajstić information content (AvgIpc) is 2.37. The van der Waals surface area contributed by atoms with Crippen LogP contribution in [0.5, 0.6) is 0 Å². The summed E-state index contributed by atoms with van der Waals surface area (Å²) in [7, 11) is 0. The van der Waals surface area contributed by atoms with E-state index in [-0.39, 0.29) is 6.42 Å². The van der Waals surface area contributed by atoms with Crippen LogP contribution in [0.4, 0.5) is 0 Å². The first-order valence-corrected chi connectivity index (χ1v) is 5.47. The van der Waals surface area contributed by atoms with Gasteiger partial charge in [-0.25, -0.2) is 4.79 Å². The quantitative estimate of drug-likeness (QED) is 0.425. The van der Waals surface area contributed by atoms with Gasteiger partial charge in [0.1, 0.15) is 24.9 Å². The molecule has 1 aliphatic rings. The minimum Gasteiger partial charge on any atom is -0.461 e. The van der Waals surface area contributed by atoms with Crippen LogP contribution in [0, 0.1) is 0 Å². The van der Waals surface area contributed by atoms with Gasteiger partial charge in [-0.1, -0.05) is 6.92 Å². The molecule has 1 amide bonds. The van der Waals surface area contributed by atoms with E-state index in [0.29, 0.717) is 6.42 Å². The summed E-state index contributed by atoms with van der Waals surface area (Å²) in [6.07, 6.45) is -3.68. The number of aliphatic hydroxyl groups is 3. The van der Waals surface area contributed by atoms with E-state index in [1.54, 1.807) is 6.92 Å². The number of carbonyl (C=O) groups is 2. The Hall–Kier alpha value is -1.18. The Morgan fingerprint density at radius 1 is 1.41 bits per heavy atom. The highest BCUT2D eigenvalue weighted by atomic mass is 16.5. The molecule has 7 nitrogen and oxygen atoms in total. The van der Waals surface area contributed by atoms with Gasteiger partial charge in [-0.15, -0.1) is 0 Å². The van der Waals surface area contributed by atoms with Crippen LogP contribution < -0.4 is 5.32 Å². The average molecular weight is 247 g/mol. The van der Waals surface area contributed by atoms with Gasteiger partial charge < -0.3 is 25.4 Å². The lowest BCUT2D eigenvalue weighted by Gasteiger charge is -2.23. The molecule has 1 rings (SSSR count). The minimum atomic E-state index is -1.58. The second-order valence-corrected chi connectivity index (χ2v) is 3.97. The molecular formula is C10H17NO6. The lowest BCUT2D eigenvalue weighted by atomic mass is 10.0. The maximum absolute atomic E-state index is 11.4. The second-order valence-electron chi connectivity index (χ2n) is 3.97. The van der Waals surface area contributed by atoms with E-state index in [4.69, 9.17) is 0 Å². The Bertz CT molecular complexity index is 295. The van der Waals surface area contributed by atoms with Gasteiger partial charge >= 0.3 is 5.97 Å². The number of rotatable bonds is 3. The zero-order valence-electron chi connectivity index (χ0n) is 9.50. The van der Waals surface area contributed by atoms with Crippen LogP contribution in [0.1, 0.15) is 19.8 Å². The van der Waals surface area contributed by atoms with Crippen LogP contribution in [0.2, 0.25) is 0 Å². The predicted molar refractivity (Wildman–Crippen MR) is 55.8 cm³/mol. The highest BCUT2D eigenvalue weighted by molar-refractivity contribution is 5.85. The van der Waals surface area contributed by atoms with Crippen molar-refractivity contribution in [2.24, 2.45) is 0 Å².